The molecule has 0 spiro atoms. The molecule has 2 aromatic heterocycles. The van der Waals surface area contributed by atoms with Crippen molar-refractivity contribution < 1.29 is 0 Å². The van der Waals surface area contributed by atoms with E-state index in [4.69, 9.17) is 11.6 Å². The fourth-order valence-electron chi connectivity index (χ4n) is 1.22. The number of halogens is 1. The van der Waals surface area contributed by atoms with Gasteiger partial charge < -0.3 is 5.32 Å². The Bertz CT molecular complexity index is 436. The number of aromatic nitrogens is 1. The molecule has 0 unspecified atom stereocenters. The van der Waals surface area contributed by atoms with E-state index in [-0.39, 0.29) is 0 Å². The number of thiophene rings is 1. The smallest absolute Gasteiger partial charge is 0.133 e. The van der Waals surface area contributed by atoms with Gasteiger partial charge in [-0.3, -0.25) is 0 Å². The zero-order valence-corrected chi connectivity index (χ0v) is 10.7. The molecule has 80 valence electrons. The Kier molecular flexibility index (Phi) is 3.75. The molecular weight excluding hydrogens is 248 g/mol. The van der Waals surface area contributed by atoms with Gasteiger partial charge in [-0.15, -0.1) is 22.7 Å². The molecule has 0 saturated heterocycles. The lowest BCUT2D eigenvalue weighted by atomic mass is 10.3. The molecule has 2 nitrogen and oxygen atoms in total. The molecule has 0 aliphatic carbocycles. The van der Waals surface area contributed by atoms with E-state index in [2.05, 4.69) is 15.7 Å². The first-order valence-electron chi connectivity index (χ1n) is 4.64. The summed E-state index contributed by atoms with van der Waals surface area (Å²) in [6.45, 7) is 0.967. The van der Waals surface area contributed by atoms with E-state index in [1.54, 1.807) is 22.7 Å². The maximum Gasteiger partial charge on any atom is 0.133 e. The molecule has 2 rings (SSSR count). The molecule has 0 saturated carbocycles. The summed E-state index contributed by atoms with van der Waals surface area (Å²) in [7, 11) is 1.95. The van der Waals surface area contributed by atoms with Crippen molar-refractivity contribution >= 4 is 34.3 Å². The third-order valence-electron chi connectivity index (χ3n) is 1.97. The van der Waals surface area contributed by atoms with Crippen molar-refractivity contribution in [1.82, 2.24) is 10.3 Å². The Hall–Kier alpha value is -0.420. The van der Waals surface area contributed by atoms with Crippen LogP contribution in [0.5, 0.6) is 0 Å². The molecule has 2 aromatic rings. The molecule has 1 N–H and O–H groups in total. The maximum absolute atomic E-state index is 5.89. The van der Waals surface area contributed by atoms with Gasteiger partial charge in [0, 0.05) is 18.3 Å². The van der Waals surface area contributed by atoms with Crippen LogP contribution in [0.3, 0.4) is 0 Å². The van der Waals surface area contributed by atoms with Gasteiger partial charge in [-0.05, 0) is 19.2 Å². The minimum atomic E-state index is 0.817. The summed E-state index contributed by atoms with van der Waals surface area (Å²) in [5.74, 6) is 0. The van der Waals surface area contributed by atoms with Crippen LogP contribution in [0.1, 0.15) is 5.69 Å². The molecule has 5 heteroatoms. The van der Waals surface area contributed by atoms with Gasteiger partial charge in [0.1, 0.15) is 5.01 Å². The highest BCUT2D eigenvalue weighted by molar-refractivity contribution is 7.23. The summed E-state index contributed by atoms with van der Waals surface area (Å²) in [5, 5.41) is 6.29. The van der Waals surface area contributed by atoms with Crippen molar-refractivity contribution in [3.63, 3.8) is 0 Å². The van der Waals surface area contributed by atoms with Crippen LogP contribution in [-0.2, 0) is 6.42 Å². The van der Waals surface area contributed by atoms with Crippen molar-refractivity contribution in [2.75, 3.05) is 13.6 Å². The second-order valence-corrected chi connectivity index (χ2v) is 5.67. The molecule has 0 aliphatic heterocycles. The highest BCUT2D eigenvalue weighted by atomic mass is 35.5. The Labute approximate surface area is 102 Å². The second kappa shape index (κ2) is 5.07. The van der Waals surface area contributed by atoms with E-state index >= 15 is 0 Å². The molecule has 15 heavy (non-hydrogen) atoms. The van der Waals surface area contributed by atoms with Gasteiger partial charge in [-0.1, -0.05) is 11.6 Å². The van der Waals surface area contributed by atoms with Crippen molar-refractivity contribution in [2.45, 2.75) is 6.42 Å². The first-order chi connectivity index (χ1) is 7.29. The van der Waals surface area contributed by atoms with Gasteiger partial charge in [-0.2, -0.15) is 0 Å². The average molecular weight is 259 g/mol. The highest BCUT2D eigenvalue weighted by Gasteiger charge is 2.06. The molecule has 0 amide bonds. The topological polar surface area (TPSA) is 24.9 Å². The van der Waals surface area contributed by atoms with Crippen molar-refractivity contribution in [2.24, 2.45) is 0 Å². The van der Waals surface area contributed by atoms with E-state index in [1.165, 1.54) is 0 Å². The van der Waals surface area contributed by atoms with Crippen LogP contribution in [0.2, 0.25) is 4.34 Å². The fraction of sp³-hybridized carbons (Fsp3) is 0.300. The lowest BCUT2D eigenvalue weighted by Crippen LogP contribution is -2.10. The number of hydrogen-bond acceptors (Lipinski definition) is 4. The largest absolute Gasteiger partial charge is 0.319 e. The first kappa shape index (κ1) is 11.1. The molecule has 0 aliphatic rings. The monoisotopic (exact) mass is 258 g/mol. The SMILES string of the molecule is CNCCc1csc(-c2ccc(Cl)s2)n1. The lowest BCUT2D eigenvalue weighted by Gasteiger charge is -1.93. The molecule has 0 bridgehead atoms. The highest BCUT2D eigenvalue weighted by Crippen LogP contribution is 2.32. The quantitative estimate of drug-likeness (QED) is 0.910. The third kappa shape index (κ3) is 2.78. The van der Waals surface area contributed by atoms with Crippen LogP contribution < -0.4 is 5.32 Å². The maximum atomic E-state index is 5.89. The second-order valence-electron chi connectivity index (χ2n) is 3.10. The van der Waals surface area contributed by atoms with E-state index in [0.29, 0.717) is 0 Å². The number of nitrogens with zero attached hydrogens (tertiary/aromatic N) is 1. The van der Waals surface area contributed by atoms with Gasteiger partial charge in [0.2, 0.25) is 0 Å². The Morgan fingerprint density at radius 3 is 3.00 bits per heavy atom. The van der Waals surface area contributed by atoms with Gasteiger partial charge in [0.25, 0.3) is 0 Å². The van der Waals surface area contributed by atoms with Gasteiger partial charge in [0.05, 0.1) is 14.9 Å². The Morgan fingerprint density at radius 2 is 2.33 bits per heavy atom. The summed E-state index contributed by atoms with van der Waals surface area (Å²) >= 11 is 9.14. The summed E-state index contributed by atoms with van der Waals surface area (Å²) in [6, 6.07) is 3.93. The number of nitrogens with one attached hydrogen (secondary N) is 1. The molecule has 0 aromatic carbocycles. The van der Waals surface area contributed by atoms with E-state index in [0.717, 1.165) is 32.9 Å². The zero-order valence-electron chi connectivity index (χ0n) is 8.29. The van der Waals surface area contributed by atoms with Crippen LogP contribution in [-0.4, -0.2) is 18.6 Å². The number of thiazole rings is 1. The first-order valence-corrected chi connectivity index (χ1v) is 6.71. The van der Waals surface area contributed by atoms with Crippen LogP contribution in [0.15, 0.2) is 17.5 Å². The van der Waals surface area contributed by atoms with Crippen LogP contribution in [0.4, 0.5) is 0 Å². The third-order valence-corrected chi connectivity index (χ3v) is 4.26. The van der Waals surface area contributed by atoms with Crippen molar-refractivity contribution in [3.05, 3.63) is 27.5 Å². The predicted molar refractivity (Wildman–Crippen MR) is 68.1 cm³/mol. The van der Waals surface area contributed by atoms with Crippen molar-refractivity contribution in [1.29, 1.82) is 0 Å². The van der Waals surface area contributed by atoms with E-state index in [9.17, 15) is 0 Å². The Morgan fingerprint density at radius 1 is 1.47 bits per heavy atom. The van der Waals surface area contributed by atoms with Crippen LogP contribution in [0.25, 0.3) is 9.88 Å². The minimum absolute atomic E-state index is 0.817. The minimum Gasteiger partial charge on any atom is -0.319 e. The van der Waals surface area contributed by atoms with Gasteiger partial charge in [0.15, 0.2) is 0 Å². The normalized spacial score (nSPS) is 10.8. The molecule has 2 heterocycles. The number of likely N-dealkylation sites (N-methyl/N-ethyl adjacent to an activating group) is 1. The molecule has 0 atom stereocenters. The predicted octanol–water partition coefficient (Wildman–Crippen LogP) is 3.29. The van der Waals surface area contributed by atoms with Crippen molar-refractivity contribution in [3.8, 4) is 9.88 Å². The summed E-state index contributed by atoms with van der Waals surface area (Å²) < 4.78 is 0.817. The zero-order chi connectivity index (χ0) is 10.7. The average Bonchev–Trinajstić information content (AvgIpc) is 2.83. The van der Waals surface area contributed by atoms with Crippen LogP contribution in [0, 0.1) is 0 Å². The summed E-state index contributed by atoms with van der Waals surface area (Å²) in [5.41, 5.74) is 1.15. The standard InChI is InChI=1S/C10H11ClN2S2/c1-12-5-4-7-6-14-10(13-7)8-2-3-9(11)15-8/h2-3,6,12H,4-5H2,1H3. The fourth-order valence-corrected chi connectivity index (χ4v) is 3.19. The Balaban J connectivity index is 2.13. The van der Waals surface area contributed by atoms with Gasteiger partial charge >= 0.3 is 0 Å². The summed E-state index contributed by atoms with van der Waals surface area (Å²) in [4.78, 5) is 5.72. The molecule has 0 radical (unpaired) electrons. The lowest BCUT2D eigenvalue weighted by molar-refractivity contribution is 0.781. The van der Waals surface area contributed by atoms with E-state index in [1.807, 2.05) is 19.2 Å². The van der Waals surface area contributed by atoms with Gasteiger partial charge in [-0.25, -0.2) is 4.98 Å². The van der Waals surface area contributed by atoms with E-state index < -0.39 is 0 Å². The molecule has 0 fully saturated rings. The summed E-state index contributed by atoms with van der Waals surface area (Å²) in [6.07, 6.45) is 0.978. The van der Waals surface area contributed by atoms with Crippen LogP contribution >= 0.6 is 34.3 Å². The molecular formula is C10H11ClN2S2. The number of rotatable bonds is 4. The number of hydrogen-bond donors (Lipinski definition) is 1.